The number of rotatable bonds is 23. The van der Waals surface area contributed by atoms with Gasteiger partial charge in [0.2, 0.25) is 0 Å². The summed E-state index contributed by atoms with van der Waals surface area (Å²) in [7, 11) is 0. The molecule has 0 saturated carbocycles. The molecule has 0 unspecified atom stereocenters. The van der Waals surface area contributed by atoms with E-state index >= 15 is 0 Å². The summed E-state index contributed by atoms with van der Waals surface area (Å²) < 4.78 is 80.2. The lowest BCUT2D eigenvalue weighted by atomic mass is 9.95. The molecule has 0 aliphatic carbocycles. The van der Waals surface area contributed by atoms with Gasteiger partial charge in [-0.3, -0.25) is 0 Å². The number of aliphatic hydroxyl groups excluding tert-OH is 24. The highest BCUT2D eigenvalue weighted by molar-refractivity contribution is 4.99. The van der Waals surface area contributed by atoms with E-state index in [9.17, 15) is 123 Å². The molecule has 0 radical (unpaired) electrons. The fourth-order valence-electron chi connectivity index (χ4n) is 10.2. The minimum absolute atomic E-state index is 0.583. The van der Waals surface area contributed by atoms with E-state index in [-0.39, 0.29) is 0 Å². The second-order valence-electron chi connectivity index (χ2n) is 21.3. The highest BCUT2D eigenvalue weighted by Gasteiger charge is 2.57. The lowest BCUT2D eigenvalue weighted by Gasteiger charge is -2.49. The minimum Gasteiger partial charge on any atom is -0.394 e. The van der Waals surface area contributed by atoms with Gasteiger partial charge in [-0.1, -0.05) is 0 Å². The van der Waals surface area contributed by atoms with Gasteiger partial charge in [-0.05, 0) is 6.92 Å². The summed E-state index contributed by atoms with van der Waals surface area (Å²) in [4.78, 5) is 0. The summed E-state index contributed by atoms with van der Waals surface area (Å²) in [5.41, 5.74) is 0. The van der Waals surface area contributed by atoms with Gasteiger partial charge in [0, 0.05) is 0 Å². The normalized spacial score (nSPS) is 50.3. The minimum atomic E-state index is -2.41. The third-order valence-corrected chi connectivity index (χ3v) is 15.4. The molecule has 7 heterocycles. The van der Waals surface area contributed by atoms with Crippen molar-refractivity contribution in [2.45, 2.75) is 234 Å². The summed E-state index contributed by atoms with van der Waals surface area (Å²) >= 11 is 0. The molecule has 7 aliphatic rings. The van der Waals surface area contributed by atoms with E-state index in [1.165, 1.54) is 6.92 Å². The van der Waals surface area contributed by atoms with Crippen LogP contribution in [0, 0.1) is 0 Å². The van der Waals surface area contributed by atoms with Gasteiger partial charge >= 0.3 is 0 Å². The predicted octanol–water partition coefficient (Wildman–Crippen LogP) is -16.5. The Morgan fingerprint density at radius 1 is 0.357 bits per heavy atom. The quantitative estimate of drug-likeness (QED) is 0.0452. The van der Waals surface area contributed by atoms with Crippen molar-refractivity contribution in [2.24, 2.45) is 0 Å². The zero-order valence-electron chi connectivity index (χ0n) is 44.5. The van der Waals surface area contributed by atoms with Crippen LogP contribution in [0.15, 0.2) is 0 Å². The van der Waals surface area contributed by atoms with Crippen LogP contribution in [-0.4, -0.2) is 403 Å². The van der Waals surface area contributed by atoms with Crippen LogP contribution >= 0.6 is 0 Å². The largest absolute Gasteiger partial charge is 0.394 e. The second kappa shape index (κ2) is 30.5. The lowest BCUT2D eigenvalue weighted by molar-refractivity contribution is -0.395. The smallest absolute Gasteiger partial charge is 0.187 e. The van der Waals surface area contributed by atoms with Crippen molar-refractivity contribution in [1.82, 2.24) is 0 Å². The average Bonchev–Trinajstić information content (AvgIpc) is 2.77. The molecule has 492 valence electrons. The Balaban J connectivity index is 1.18. The fourth-order valence-corrected chi connectivity index (χ4v) is 10.2. The van der Waals surface area contributed by atoms with Crippen LogP contribution in [0.2, 0.25) is 0 Å². The zero-order chi connectivity index (χ0) is 61.9. The zero-order valence-corrected chi connectivity index (χ0v) is 44.5. The van der Waals surface area contributed by atoms with Crippen LogP contribution in [-0.2, 0) is 66.3 Å². The van der Waals surface area contributed by atoms with Crippen molar-refractivity contribution in [3.8, 4) is 0 Å². The van der Waals surface area contributed by atoms with Gasteiger partial charge in [0.25, 0.3) is 0 Å². The first-order chi connectivity index (χ1) is 39.7. The van der Waals surface area contributed by atoms with Crippen LogP contribution in [0.3, 0.4) is 0 Å². The highest BCUT2D eigenvalue weighted by atomic mass is 16.8. The molecule has 0 spiro atoms. The van der Waals surface area contributed by atoms with E-state index in [4.69, 9.17) is 66.3 Å². The maximum absolute atomic E-state index is 11.9. The van der Waals surface area contributed by atoms with E-state index in [1.54, 1.807) is 0 Å². The molecule has 37 atom stereocenters. The standard InChI is InChI=1S/C46H80O38/c1-10-19(55)25(61)31(67)41(75-10)83-39-27(63)24(60)16(5-50)77-46(39)84-38-22(58)14(54)7-72-45(38)74-9-18-37(28(64)33(69)43(78-18)80-35(12(52)3-48)21(57)11(51)2-47)82-44-34(70)29(65)36(81-42-32(68)26(62)23(59)15(4-49)76-42)17(79-44)8-73-40-30(66)20(56)13(53)6-71-40/h10-70H,2-9H2,1H3/t10-,11-,12+,13+,14+,15+,16+,17+,18+,19+,20-,21+,22-,23+,24-,25+,26-,27-,28+,29+,30+,31-,32+,33+,34+,35+,36+,37+,38+,39+,40+,41-,42-,43-,44-,45+,46-/m0/s1. The van der Waals surface area contributed by atoms with Crippen LogP contribution in [0.4, 0.5) is 0 Å². The number of hydrogen-bond donors (Lipinski definition) is 24. The van der Waals surface area contributed by atoms with Crippen molar-refractivity contribution in [3.63, 3.8) is 0 Å². The molecule has 7 rings (SSSR count). The van der Waals surface area contributed by atoms with Gasteiger partial charge < -0.3 is 189 Å². The predicted molar refractivity (Wildman–Crippen MR) is 253 cm³/mol. The third-order valence-electron chi connectivity index (χ3n) is 15.4. The lowest BCUT2D eigenvalue weighted by Crippen LogP contribution is -2.67. The van der Waals surface area contributed by atoms with Gasteiger partial charge in [0.05, 0.1) is 59.0 Å². The molecule has 7 fully saturated rings. The molecule has 0 bridgehead atoms. The molecule has 38 nitrogen and oxygen atoms in total. The summed E-state index contributed by atoms with van der Waals surface area (Å²) in [6.07, 6.45) is -73.8. The third kappa shape index (κ3) is 15.3. The Bertz CT molecular complexity index is 1960. The Morgan fingerprint density at radius 2 is 0.738 bits per heavy atom. The summed E-state index contributed by atoms with van der Waals surface area (Å²) in [5.74, 6) is 0. The van der Waals surface area contributed by atoms with Crippen LogP contribution in [0.5, 0.6) is 0 Å². The molecule has 0 aromatic heterocycles. The molecule has 0 amide bonds. The second-order valence-corrected chi connectivity index (χ2v) is 21.3. The molecule has 38 heteroatoms. The summed E-state index contributed by atoms with van der Waals surface area (Å²) in [6, 6.07) is 0. The van der Waals surface area contributed by atoms with E-state index in [0.717, 1.165) is 0 Å². The highest BCUT2D eigenvalue weighted by Crippen LogP contribution is 2.37. The number of ether oxygens (including phenoxy) is 14. The average molecular weight is 1240 g/mol. The summed E-state index contributed by atoms with van der Waals surface area (Å²) in [5, 5.41) is 256. The molecule has 7 saturated heterocycles. The van der Waals surface area contributed by atoms with Crippen molar-refractivity contribution in [2.75, 3.05) is 52.9 Å². The van der Waals surface area contributed by atoms with Gasteiger partial charge in [-0.25, -0.2) is 0 Å². The van der Waals surface area contributed by atoms with Gasteiger partial charge in [-0.2, -0.15) is 0 Å². The molecule has 84 heavy (non-hydrogen) atoms. The van der Waals surface area contributed by atoms with E-state index in [0.29, 0.717) is 0 Å². The first-order valence-electron chi connectivity index (χ1n) is 26.8. The van der Waals surface area contributed by atoms with Crippen LogP contribution in [0.1, 0.15) is 6.92 Å². The molecular formula is C46H80O38. The van der Waals surface area contributed by atoms with Gasteiger partial charge in [-0.15, -0.1) is 0 Å². The molecule has 7 aliphatic heterocycles. The first-order valence-corrected chi connectivity index (χ1v) is 26.8. The van der Waals surface area contributed by atoms with Crippen LogP contribution in [0.25, 0.3) is 0 Å². The Kier molecular flexibility index (Phi) is 25.4. The van der Waals surface area contributed by atoms with Crippen molar-refractivity contribution in [1.29, 1.82) is 0 Å². The molecule has 0 aromatic carbocycles. The molecule has 24 N–H and O–H groups in total. The van der Waals surface area contributed by atoms with E-state index in [1.807, 2.05) is 0 Å². The van der Waals surface area contributed by atoms with Crippen molar-refractivity contribution in [3.05, 3.63) is 0 Å². The fraction of sp³-hybridized carbons (Fsp3) is 1.00. The first kappa shape index (κ1) is 69.9. The maximum Gasteiger partial charge on any atom is 0.187 e. The molecule has 0 aromatic rings. The van der Waals surface area contributed by atoms with Crippen molar-refractivity contribution < 1.29 is 189 Å². The Labute approximate surface area is 475 Å². The van der Waals surface area contributed by atoms with Crippen LogP contribution < -0.4 is 0 Å². The van der Waals surface area contributed by atoms with E-state index < -0.39 is 280 Å². The van der Waals surface area contributed by atoms with Gasteiger partial charge in [0.15, 0.2) is 44.0 Å². The Hall–Kier alpha value is -1.52. The number of hydrogen-bond acceptors (Lipinski definition) is 38. The maximum atomic E-state index is 11.9. The summed E-state index contributed by atoms with van der Waals surface area (Å²) in [6.45, 7) is -6.31. The number of aliphatic hydroxyl groups is 24. The monoisotopic (exact) mass is 1240 g/mol. The topological polar surface area (TPSA) is 615 Å². The molecular weight excluding hydrogens is 1160 g/mol. The van der Waals surface area contributed by atoms with E-state index in [2.05, 4.69) is 0 Å². The van der Waals surface area contributed by atoms with Crippen molar-refractivity contribution >= 4 is 0 Å². The SMILES string of the molecule is C[C@@H]1O[C@@H](O[C@H]2[C@H](O[C@H]3[C@@H](OC[C@H]4O[C@@H](O[C@@H]([C@H](O)[C@@H](O)CO)[C@H](O)CO)[C@H](O)[C@@H](O)[C@@H]4O[C@@H]4O[C@H](CO[C@H]5OC[C@@H](O)[C@H](O)[C@H]5O)[C@@H](O[C@@H]5O[C@H](CO)[C@@H](O)[C@H](O)[C@H]5O)[C@H](O)[C@H]4O)OC[C@@H](O)[C@@H]3O)O[C@H](CO)[C@H](O)[C@@H]2O)[C@@H](O)[C@H](O)[C@@H]1O. The van der Waals surface area contributed by atoms with Gasteiger partial charge in [0.1, 0.15) is 177 Å². The Morgan fingerprint density at radius 3 is 1.29 bits per heavy atom.